The van der Waals surface area contributed by atoms with Gasteiger partial charge in [0.2, 0.25) is 5.95 Å². The van der Waals surface area contributed by atoms with Gasteiger partial charge in [-0.1, -0.05) is 0 Å². The van der Waals surface area contributed by atoms with Crippen molar-refractivity contribution in [3.63, 3.8) is 0 Å². The molecule has 3 heterocycles. The van der Waals surface area contributed by atoms with E-state index in [2.05, 4.69) is 37.3 Å². The Bertz CT molecular complexity index is 972. The Hall–Kier alpha value is -3.07. The summed E-state index contributed by atoms with van der Waals surface area (Å²) in [6.07, 6.45) is 0. The van der Waals surface area contributed by atoms with Gasteiger partial charge in [0.1, 0.15) is 11.6 Å². The van der Waals surface area contributed by atoms with Gasteiger partial charge in [-0.3, -0.25) is 5.10 Å². The highest BCUT2D eigenvalue weighted by Crippen LogP contribution is 2.35. The largest absolute Gasteiger partial charge is 0.496 e. The van der Waals surface area contributed by atoms with Gasteiger partial charge in [-0.05, 0) is 19.1 Å². The number of nitrogens with one attached hydrogen (secondary N) is 2. The monoisotopic (exact) mass is 369 g/mol. The molecule has 2 aromatic heterocycles. The molecule has 0 aliphatic carbocycles. The van der Waals surface area contributed by atoms with Gasteiger partial charge < -0.3 is 25.4 Å². The molecule has 1 atom stereocenters. The lowest BCUT2D eigenvalue weighted by molar-refractivity contribution is 0.0985. The average Bonchev–Trinajstić information content (AvgIpc) is 3.08. The number of nitrogens with zero attached hydrogens (tertiary/aromatic N) is 4. The Morgan fingerprint density at radius 2 is 2.19 bits per heavy atom. The van der Waals surface area contributed by atoms with E-state index in [1.54, 1.807) is 7.11 Å². The van der Waals surface area contributed by atoms with Gasteiger partial charge in [0.15, 0.2) is 5.82 Å². The Balaban J connectivity index is 1.83. The second-order valence-electron chi connectivity index (χ2n) is 6.51. The lowest BCUT2D eigenvalue weighted by Crippen LogP contribution is -2.44. The van der Waals surface area contributed by atoms with Crippen molar-refractivity contribution in [2.75, 3.05) is 49.9 Å². The van der Waals surface area contributed by atoms with Crippen LogP contribution in [0.4, 0.5) is 17.6 Å². The zero-order valence-corrected chi connectivity index (χ0v) is 15.6. The summed E-state index contributed by atoms with van der Waals surface area (Å²) in [6.45, 7) is 4.29. The van der Waals surface area contributed by atoms with E-state index in [0.29, 0.717) is 30.7 Å². The minimum Gasteiger partial charge on any atom is -0.496 e. The molecule has 1 fully saturated rings. The van der Waals surface area contributed by atoms with Crippen molar-refractivity contribution in [2.24, 2.45) is 0 Å². The first-order valence-electron chi connectivity index (χ1n) is 8.84. The number of anilines is 3. The molecule has 9 heteroatoms. The molecule has 1 saturated heterocycles. The van der Waals surface area contributed by atoms with E-state index < -0.39 is 0 Å². The van der Waals surface area contributed by atoms with Crippen LogP contribution in [0.25, 0.3) is 22.2 Å². The summed E-state index contributed by atoms with van der Waals surface area (Å²) in [5.41, 5.74) is 8.43. The maximum absolute atomic E-state index is 5.95. The third-order valence-electron chi connectivity index (χ3n) is 4.77. The Kier molecular flexibility index (Phi) is 4.44. The molecule has 0 saturated carbocycles. The highest BCUT2D eigenvalue weighted by molar-refractivity contribution is 5.97. The molecule has 27 heavy (non-hydrogen) atoms. The Labute approximate surface area is 156 Å². The normalized spacial score (nSPS) is 17.3. The maximum atomic E-state index is 5.95. The van der Waals surface area contributed by atoms with E-state index in [4.69, 9.17) is 15.2 Å². The van der Waals surface area contributed by atoms with Crippen LogP contribution in [0.5, 0.6) is 5.75 Å². The predicted octanol–water partition coefficient (Wildman–Crippen LogP) is 1.88. The molecule has 3 aromatic rings. The van der Waals surface area contributed by atoms with Gasteiger partial charge in [0.05, 0.1) is 43.0 Å². The first-order chi connectivity index (χ1) is 13.1. The minimum atomic E-state index is 0.246. The lowest BCUT2D eigenvalue weighted by Gasteiger charge is -2.34. The number of ether oxygens (including phenoxy) is 2. The minimum absolute atomic E-state index is 0.246. The molecule has 0 radical (unpaired) electrons. The van der Waals surface area contributed by atoms with E-state index in [1.165, 1.54) is 0 Å². The van der Waals surface area contributed by atoms with Crippen molar-refractivity contribution in [3.8, 4) is 17.0 Å². The summed E-state index contributed by atoms with van der Waals surface area (Å²) in [6, 6.07) is 6.12. The maximum Gasteiger partial charge on any atom is 0.224 e. The first kappa shape index (κ1) is 17.3. The number of rotatable bonds is 4. The van der Waals surface area contributed by atoms with Gasteiger partial charge in [0, 0.05) is 25.2 Å². The van der Waals surface area contributed by atoms with Crippen LogP contribution >= 0.6 is 0 Å². The number of fused-ring (bicyclic) bond motifs is 1. The van der Waals surface area contributed by atoms with Crippen LogP contribution in [0.2, 0.25) is 0 Å². The number of morpholine rings is 1. The molecular weight excluding hydrogens is 346 g/mol. The smallest absolute Gasteiger partial charge is 0.224 e. The highest BCUT2D eigenvalue weighted by Gasteiger charge is 2.22. The van der Waals surface area contributed by atoms with E-state index in [0.717, 1.165) is 34.5 Å². The second kappa shape index (κ2) is 6.92. The number of H-pyrrole nitrogens is 1. The summed E-state index contributed by atoms with van der Waals surface area (Å²) >= 11 is 0. The summed E-state index contributed by atoms with van der Waals surface area (Å²) in [5.74, 6) is 2.49. The molecule has 0 spiro atoms. The first-order valence-corrected chi connectivity index (χ1v) is 8.84. The van der Waals surface area contributed by atoms with Crippen molar-refractivity contribution < 1.29 is 9.47 Å². The predicted molar refractivity (Wildman–Crippen MR) is 105 cm³/mol. The summed E-state index contributed by atoms with van der Waals surface area (Å²) in [4.78, 5) is 11.5. The molecular formula is C18H23N7O2. The number of benzene rings is 1. The summed E-state index contributed by atoms with van der Waals surface area (Å²) < 4.78 is 11.1. The van der Waals surface area contributed by atoms with Gasteiger partial charge in [-0.2, -0.15) is 10.1 Å². The molecule has 0 unspecified atom stereocenters. The quantitative estimate of drug-likeness (QED) is 0.639. The van der Waals surface area contributed by atoms with Crippen LogP contribution in [-0.4, -0.2) is 60.1 Å². The van der Waals surface area contributed by atoms with Crippen molar-refractivity contribution in [1.82, 2.24) is 20.2 Å². The molecule has 9 nitrogen and oxygen atoms in total. The molecule has 1 aliphatic rings. The van der Waals surface area contributed by atoms with E-state index in [9.17, 15) is 0 Å². The Morgan fingerprint density at radius 1 is 1.33 bits per heavy atom. The van der Waals surface area contributed by atoms with Crippen LogP contribution in [0.15, 0.2) is 18.2 Å². The molecule has 4 N–H and O–H groups in total. The van der Waals surface area contributed by atoms with Crippen molar-refractivity contribution in [2.45, 2.75) is 13.0 Å². The average molecular weight is 369 g/mol. The fourth-order valence-electron chi connectivity index (χ4n) is 3.36. The van der Waals surface area contributed by atoms with E-state index >= 15 is 0 Å². The zero-order chi connectivity index (χ0) is 19.0. The topological polar surface area (TPSA) is 114 Å². The third-order valence-corrected chi connectivity index (χ3v) is 4.77. The molecule has 142 valence electrons. The number of hydrogen-bond acceptors (Lipinski definition) is 8. The van der Waals surface area contributed by atoms with Crippen LogP contribution in [-0.2, 0) is 4.74 Å². The number of aromatic amines is 1. The van der Waals surface area contributed by atoms with Crippen LogP contribution in [0, 0.1) is 0 Å². The highest BCUT2D eigenvalue weighted by atomic mass is 16.5. The van der Waals surface area contributed by atoms with E-state index in [1.807, 2.05) is 25.2 Å². The Morgan fingerprint density at radius 3 is 2.93 bits per heavy atom. The number of methoxy groups -OCH3 is 1. The molecule has 4 rings (SSSR count). The van der Waals surface area contributed by atoms with Crippen molar-refractivity contribution >= 4 is 28.5 Å². The fourth-order valence-corrected chi connectivity index (χ4v) is 3.36. The van der Waals surface area contributed by atoms with Gasteiger partial charge >= 0.3 is 0 Å². The van der Waals surface area contributed by atoms with Crippen LogP contribution in [0.3, 0.4) is 0 Å². The molecule has 1 aliphatic heterocycles. The zero-order valence-electron chi connectivity index (χ0n) is 15.6. The second-order valence-corrected chi connectivity index (χ2v) is 6.51. The molecule has 0 bridgehead atoms. The fraction of sp³-hybridized carbons (Fsp3) is 0.389. The van der Waals surface area contributed by atoms with Crippen LogP contribution in [0.1, 0.15) is 6.92 Å². The van der Waals surface area contributed by atoms with Gasteiger partial charge in [0.25, 0.3) is 0 Å². The third kappa shape index (κ3) is 3.10. The summed E-state index contributed by atoms with van der Waals surface area (Å²) in [5, 5.41) is 10.8. The van der Waals surface area contributed by atoms with Crippen molar-refractivity contribution in [3.05, 3.63) is 18.2 Å². The SMILES string of the molecule is CNc1nc(-c2cc(OC)c3c(N)n[nH]c3c2)cc(N2CCOC[C@H]2C)n1. The number of aromatic nitrogens is 4. The van der Waals surface area contributed by atoms with Crippen LogP contribution < -0.4 is 20.7 Å². The molecule has 0 amide bonds. The summed E-state index contributed by atoms with van der Waals surface area (Å²) in [7, 11) is 3.43. The van der Waals surface area contributed by atoms with Gasteiger partial charge in [-0.25, -0.2) is 4.98 Å². The number of hydrogen-bond donors (Lipinski definition) is 3. The number of nitrogens with two attached hydrogens (primary N) is 1. The number of nitrogen functional groups attached to an aromatic ring is 1. The standard InChI is InChI=1S/C18H23N7O2/c1-10-9-27-5-4-25(10)15-8-12(21-18(20-2)22-15)11-6-13-16(14(7-11)26-3)17(19)24-23-13/h6-8,10H,4-5,9H2,1-3H3,(H3,19,23,24)(H,20,21,22)/t10-/m1/s1. The van der Waals surface area contributed by atoms with E-state index in [-0.39, 0.29) is 6.04 Å². The van der Waals surface area contributed by atoms with Gasteiger partial charge in [-0.15, -0.1) is 0 Å². The van der Waals surface area contributed by atoms with Crippen molar-refractivity contribution in [1.29, 1.82) is 0 Å². The molecule has 1 aromatic carbocycles. The lowest BCUT2D eigenvalue weighted by atomic mass is 10.1.